The van der Waals surface area contributed by atoms with Crippen LogP contribution in [0.25, 0.3) is 20.8 Å². The van der Waals surface area contributed by atoms with Crippen LogP contribution in [-0.2, 0) is 6.42 Å². The average molecular weight is 253 g/mol. The third kappa shape index (κ3) is 2.04. The lowest BCUT2D eigenvalue weighted by molar-refractivity contribution is 1.14. The fourth-order valence-electron chi connectivity index (χ4n) is 2.04. The number of fused-ring (bicyclic) bond motifs is 1. The van der Waals surface area contributed by atoms with Gasteiger partial charge in [-0.15, -0.1) is 11.3 Å². The van der Waals surface area contributed by atoms with E-state index < -0.39 is 0 Å². The smallest absolute Gasteiger partial charge is 0.124 e. The van der Waals surface area contributed by atoms with Crippen LogP contribution < -0.4 is 0 Å². The van der Waals surface area contributed by atoms with Crippen molar-refractivity contribution in [3.8, 4) is 10.6 Å². The molecule has 0 unspecified atom stereocenters. The first-order valence-electron chi connectivity index (χ1n) is 6.23. The van der Waals surface area contributed by atoms with Gasteiger partial charge in [-0.3, -0.25) is 0 Å². The van der Waals surface area contributed by atoms with E-state index >= 15 is 0 Å². The van der Waals surface area contributed by atoms with E-state index in [9.17, 15) is 0 Å². The van der Waals surface area contributed by atoms with Crippen molar-refractivity contribution >= 4 is 21.6 Å². The van der Waals surface area contributed by atoms with E-state index in [0.717, 1.165) is 16.9 Å². The molecule has 3 aromatic rings. The normalized spacial score (nSPS) is 11.0. The summed E-state index contributed by atoms with van der Waals surface area (Å²) in [5.74, 6) is 0. The predicted octanol–water partition coefficient (Wildman–Crippen LogP) is 4.83. The summed E-state index contributed by atoms with van der Waals surface area (Å²) in [7, 11) is 0. The van der Waals surface area contributed by atoms with Crippen LogP contribution in [0.1, 0.15) is 18.1 Å². The number of hydrogen-bond donors (Lipinski definition) is 0. The molecule has 2 heteroatoms. The van der Waals surface area contributed by atoms with Gasteiger partial charge >= 0.3 is 0 Å². The summed E-state index contributed by atoms with van der Waals surface area (Å²) in [5.41, 5.74) is 4.97. The van der Waals surface area contributed by atoms with Crippen molar-refractivity contribution in [2.24, 2.45) is 0 Å². The topological polar surface area (TPSA) is 12.9 Å². The van der Waals surface area contributed by atoms with Crippen LogP contribution in [0.2, 0.25) is 0 Å². The van der Waals surface area contributed by atoms with Gasteiger partial charge in [-0.25, -0.2) is 4.98 Å². The number of thiazole rings is 1. The van der Waals surface area contributed by atoms with Gasteiger partial charge in [0.1, 0.15) is 5.01 Å². The van der Waals surface area contributed by atoms with E-state index in [-0.39, 0.29) is 0 Å². The minimum atomic E-state index is 1.08. The summed E-state index contributed by atoms with van der Waals surface area (Å²) in [4.78, 5) is 4.70. The second-order valence-electron chi connectivity index (χ2n) is 4.54. The minimum Gasteiger partial charge on any atom is -0.236 e. The molecular formula is C16H15NS. The van der Waals surface area contributed by atoms with Gasteiger partial charge in [0.2, 0.25) is 0 Å². The van der Waals surface area contributed by atoms with Gasteiger partial charge in [0.05, 0.1) is 10.2 Å². The first-order chi connectivity index (χ1) is 8.76. The van der Waals surface area contributed by atoms with E-state index in [2.05, 4.69) is 56.3 Å². The zero-order chi connectivity index (χ0) is 12.5. The zero-order valence-corrected chi connectivity index (χ0v) is 11.4. The van der Waals surface area contributed by atoms with Crippen LogP contribution in [0.4, 0.5) is 0 Å². The molecule has 0 saturated carbocycles. The highest BCUT2D eigenvalue weighted by atomic mass is 32.1. The van der Waals surface area contributed by atoms with Crippen molar-refractivity contribution in [2.45, 2.75) is 20.3 Å². The number of aromatic nitrogens is 1. The van der Waals surface area contributed by atoms with Crippen LogP contribution in [0.15, 0.2) is 42.5 Å². The molecule has 0 bridgehead atoms. The Morgan fingerprint density at radius 3 is 2.56 bits per heavy atom. The molecule has 90 valence electrons. The molecule has 2 aromatic carbocycles. The molecule has 0 radical (unpaired) electrons. The number of nitrogens with zero attached hydrogens (tertiary/aromatic N) is 1. The Hall–Kier alpha value is -1.67. The molecule has 0 aliphatic carbocycles. The lowest BCUT2D eigenvalue weighted by atomic mass is 10.1. The maximum Gasteiger partial charge on any atom is 0.124 e. The maximum absolute atomic E-state index is 4.70. The van der Waals surface area contributed by atoms with Crippen LogP contribution in [0, 0.1) is 6.92 Å². The summed E-state index contributed by atoms with van der Waals surface area (Å²) in [6.07, 6.45) is 1.08. The Bertz CT molecular complexity index is 680. The summed E-state index contributed by atoms with van der Waals surface area (Å²) < 4.78 is 1.27. The molecule has 1 aromatic heterocycles. The lowest BCUT2D eigenvalue weighted by Gasteiger charge is -1.98. The van der Waals surface area contributed by atoms with Crippen molar-refractivity contribution < 1.29 is 0 Å². The minimum absolute atomic E-state index is 1.08. The van der Waals surface area contributed by atoms with Crippen molar-refractivity contribution in [3.63, 3.8) is 0 Å². The fraction of sp³-hybridized carbons (Fsp3) is 0.188. The number of rotatable bonds is 2. The monoisotopic (exact) mass is 253 g/mol. The van der Waals surface area contributed by atoms with Gasteiger partial charge < -0.3 is 0 Å². The SMILES string of the molecule is CCc1ccc(-c2nc3ccc(C)cc3s2)cc1. The zero-order valence-electron chi connectivity index (χ0n) is 10.6. The first kappa shape index (κ1) is 11.4. The highest BCUT2D eigenvalue weighted by Crippen LogP contribution is 2.30. The molecular weight excluding hydrogens is 238 g/mol. The molecule has 18 heavy (non-hydrogen) atoms. The van der Waals surface area contributed by atoms with E-state index in [4.69, 9.17) is 4.98 Å². The Labute approximate surface area is 111 Å². The van der Waals surface area contributed by atoms with E-state index in [1.165, 1.54) is 21.4 Å². The summed E-state index contributed by atoms with van der Waals surface area (Å²) in [5, 5.41) is 1.11. The molecule has 0 aliphatic heterocycles. The Morgan fingerprint density at radius 1 is 1.06 bits per heavy atom. The van der Waals surface area contributed by atoms with Crippen LogP contribution in [-0.4, -0.2) is 4.98 Å². The van der Waals surface area contributed by atoms with Crippen molar-refractivity contribution in [2.75, 3.05) is 0 Å². The van der Waals surface area contributed by atoms with Crippen molar-refractivity contribution in [1.82, 2.24) is 4.98 Å². The average Bonchev–Trinajstić information content (AvgIpc) is 2.81. The van der Waals surface area contributed by atoms with Crippen LogP contribution in [0.5, 0.6) is 0 Å². The number of hydrogen-bond acceptors (Lipinski definition) is 2. The molecule has 0 spiro atoms. The second kappa shape index (κ2) is 4.54. The Morgan fingerprint density at radius 2 is 1.83 bits per heavy atom. The van der Waals surface area contributed by atoms with Gasteiger partial charge in [0, 0.05) is 5.56 Å². The van der Waals surface area contributed by atoms with Gasteiger partial charge in [-0.2, -0.15) is 0 Å². The second-order valence-corrected chi connectivity index (χ2v) is 5.57. The van der Waals surface area contributed by atoms with E-state index in [1.807, 2.05) is 0 Å². The summed E-state index contributed by atoms with van der Waals surface area (Å²) >= 11 is 1.77. The molecule has 0 atom stereocenters. The van der Waals surface area contributed by atoms with Crippen LogP contribution in [0.3, 0.4) is 0 Å². The standard InChI is InChI=1S/C16H15NS/c1-3-12-5-7-13(8-6-12)16-17-14-9-4-11(2)10-15(14)18-16/h4-10H,3H2,1-2H3. The highest BCUT2D eigenvalue weighted by molar-refractivity contribution is 7.21. The van der Waals surface area contributed by atoms with E-state index in [1.54, 1.807) is 11.3 Å². The van der Waals surface area contributed by atoms with Gasteiger partial charge in [-0.05, 0) is 36.6 Å². The Kier molecular flexibility index (Phi) is 2.88. The Balaban J connectivity index is 2.07. The van der Waals surface area contributed by atoms with Gasteiger partial charge in [0.25, 0.3) is 0 Å². The maximum atomic E-state index is 4.70. The summed E-state index contributed by atoms with van der Waals surface area (Å²) in [6.45, 7) is 4.30. The molecule has 1 nitrogen and oxygen atoms in total. The first-order valence-corrected chi connectivity index (χ1v) is 7.04. The van der Waals surface area contributed by atoms with Gasteiger partial charge in [-0.1, -0.05) is 37.3 Å². The van der Waals surface area contributed by atoms with Crippen molar-refractivity contribution in [1.29, 1.82) is 0 Å². The van der Waals surface area contributed by atoms with E-state index in [0.29, 0.717) is 0 Å². The van der Waals surface area contributed by atoms with Gasteiger partial charge in [0.15, 0.2) is 0 Å². The molecule has 0 N–H and O–H groups in total. The summed E-state index contributed by atoms with van der Waals surface area (Å²) in [6, 6.07) is 15.1. The predicted molar refractivity (Wildman–Crippen MR) is 79.2 cm³/mol. The molecule has 3 rings (SSSR count). The fourth-order valence-corrected chi connectivity index (χ4v) is 3.11. The largest absolute Gasteiger partial charge is 0.236 e. The number of benzene rings is 2. The third-order valence-electron chi connectivity index (χ3n) is 3.15. The quantitative estimate of drug-likeness (QED) is 0.637. The number of aryl methyl sites for hydroxylation is 2. The highest BCUT2D eigenvalue weighted by Gasteiger charge is 2.06. The molecule has 1 heterocycles. The van der Waals surface area contributed by atoms with Crippen LogP contribution >= 0.6 is 11.3 Å². The molecule has 0 fully saturated rings. The molecule has 0 aliphatic rings. The molecule has 0 saturated heterocycles. The lowest BCUT2D eigenvalue weighted by Crippen LogP contribution is -1.80. The molecule has 0 amide bonds. The van der Waals surface area contributed by atoms with Crippen molar-refractivity contribution in [3.05, 3.63) is 53.6 Å². The third-order valence-corrected chi connectivity index (χ3v) is 4.22.